The second kappa shape index (κ2) is 10.0. The molecule has 10 heteroatoms. The first kappa shape index (κ1) is 22.9. The van der Waals surface area contributed by atoms with Gasteiger partial charge in [0.05, 0.1) is 21.2 Å². The fourth-order valence-corrected chi connectivity index (χ4v) is 3.19. The minimum absolute atomic E-state index is 0.111. The van der Waals surface area contributed by atoms with E-state index in [1.54, 1.807) is 37.3 Å². The molecule has 0 saturated carbocycles. The summed E-state index contributed by atoms with van der Waals surface area (Å²) in [4.78, 5) is 34.9. The lowest BCUT2D eigenvalue weighted by molar-refractivity contribution is -0.384. The van der Waals surface area contributed by atoms with E-state index < -0.39 is 16.7 Å². The quantitative estimate of drug-likeness (QED) is 0.288. The molecule has 0 bridgehead atoms. The number of carbonyl (C=O) groups excluding carboxylic acids is 2. The molecular weight excluding hydrogens is 455 g/mol. The van der Waals surface area contributed by atoms with Crippen molar-refractivity contribution in [2.24, 2.45) is 5.10 Å². The van der Waals surface area contributed by atoms with Crippen molar-refractivity contribution in [3.8, 4) is 0 Å². The standard InChI is InChI=1S/C22H16Cl2N4O4/c1-13(26-27-21(29)14-5-8-18(9-6-14)28(31)32)15-3-2-4-17(11-15)25-22(30)19-10-7-16(23)12-20(19)24/h2-12H,1H3,(H,25,30)(H,27,29)/b26-13-. The zero-order valence-electron chi connectivity index (χ0n) is 16.6. The van der Waals surface area contributed by atoms with Gasteiger partial charge in [-0.3, -0.25) is 19.7 Å². The second-order valence-corrected chi connectivity index (χ2v) is 7.44. The van der Waals surface area contributed by atoms with E-state index in [0.29, 0.717) is 22.0 Å². The van der Waals surface area contributed by atoms with Gasteiger partial charge < -0.3 is 5.32 Å². The van der Waals surface area contributed by atoms with Crippen molar-refractivity contribution in [3.05, 3.63) is 104 Å². The lowest BCUT2D eigenvalue weighted by atomic mass is 10.1. The van der Waals surface area contributed by atoms with E-state index in [-0.39, 0.29) is 21.8 Å². The van der Waals surface area contributed by atoms with E-state index in [4.69, 9.17) is 23.2 Å². The Balaban J connectivity index is 1.69. The SMILES string of the molecule is C/C(=N/NC(=O)c1ccc([N+](=O)[O-])cc1)c1cccc(NC(=O)c2ccc(Cl)cc2Cl)c1. The predicted octanol–water partition coefficient (Wildman–Crippen LogP) is 5.31. The van der Waals surface area contributed by atoms with E-state index in [2.05, 4.69) is 15.8 Å². The number of hydrogen-bond donors (Lipinski definition) is 2. The highest BCUT2D eigenvalue weighted by Crippen LogP contribution is 2.22. The summed E-state index contributed by atoms with van der Waals surface area (Å²) in [6.07, 6.45) is 0. The van der Waals surface area contributed by atoms with Crippen LogP contribution >= 0.6 is 23.2 Å². The number of benzene rings is 3. The summed E-state index contributed by atoms with van der Waals surface area (Å²) in [5, 5.41) is 18.2. The predicted molar refractivity (Wildman–Crippen MR) is 124 cm³/mol. The van der Waals surface area contributed by atoms with Crippen LogP contribution < -0.4 is 10.7 Å². The maximum absolute atomic E-state index is 12.5. The van der Waals surface area contributed by atoms with Gasteiger partial charge in [-0.1, -0.05) is 35.3 Å². The van der Waals surface area contributed by atoms with E-state index in [1.807, 2.05) is 0 Å². The summed E-state index contributed by atoms with van der Waals surface area (Å²) >= 11 is 11.9. The molecule has 0 aliphatic carbocycles. The first-order valence-corrected chi connectivity index (χ1v) is 9.96. The summed E-state index contributed by atoms with van der Waals surface area (Å²) in [5.74, 6) is -0.911. The van der Waals surface area contributed by atoms with Crippen LogP contribution in [0.3, 0.4) is 0 Å². The smallest absolute Gasteiger partial charge is 0.271 e. The van der Waals surface area contributed by atoms with E-state index in [1.165, 1.54) is 36.4 Å². The number of nitro groups is 1. The number of hydrogen-bond acceptors (Lipinski definition) is 5. The summed E-state index contributed by atoms with van der Waals surface area (Å²) in [6, 6.07) is 16.6. The molecule has 0 aromatic heterocycles. The number of anilines is 1. The van der Waals surface area contributed by atoms with Gasteiger partial charge in [0, 0.05) is 28.4 Å². The Kier molecular flexibility index (Phi) is 7.19. The third kappa shape index (κ3) is 5.69. The molecule has 8 nitrogen and oxygen atoms in total. The van der Waals surface area contributed by atoms with Crippen molar-refractivity contribution >= 4 is 52.1 Å². The highest BCUT2D eigenvalue weighted by molar-refractivity contribution is 6.37. The Bertz CT molecular complexity index is 1230. The monoisotopic (exact) mass is 470 g/mol. The minimum Gasteiger partial charge on any atom is -0.322 e. The van der Waals surface area contributed by atoms with Crippen molar-refractivity contribution in [1.29, 1.82) is 0 Å². The van der Waals surface area contributed by atoms with Gasteiger partial charge in [-0.05, 0) is 55.0 Å². The zero-order valence-corrected chi connectivity index (χ0v) is 18.1. The highest BCUT2D eigenvalue weighted by atomic mass is 35.5. The summed E-state index contributed by atoms with van der Waals surface area (Å²) in [5.41, 5.74) is 4.46. The van der Waals surface area contributed by atoms with E-state index >= 15 is 0 Å². The average Bonchev–Trinajstić information content (AvgIpc) is 2.77. The molecule has 32 heavy (non-hydrogen) atoms. The van der Waals surface area contributed by atoms with Gasteiger partial charge in [0.15, 0.2) is 0 Å². The number of halogens is 2. The van der Waals surface area contributed by atoms with Gasteiger partial charge in [0.25, 0.3) is 17.5 Å². The fraction of sp³-hybridized carbons (Fsp3) is 0.0455. The van der Waals surface area contributed by atoms with Crippen LogP contribution in [0.1, 0.15) is 33.2 Å². The van der Waals surface area contributed by atoms with Crippen LogP contribution in [0, 0.1) is 10.1 Å². The fourth-order valence-electron chi connectivity index (χ4n) is 2.69. The van der Waals surface area contributed by atoms with E-state index in [0.717, 1.165) is 0 Å². The molecule has 0 saturated heterocycles. The number of nitrogens with zero attached hydrogens (tertiary/aromatic N) is 2. The maximum atomic E-state index is 12.5. The van der Waals surface area contributed by atoms with Crippen LogP contribution in [0.4, 0.5) is 11.4 Å². The van der Waals surface area contributed by atoms with Gasteiger partial charge in [-0.2, -0.15) is 5.10 Å². The van der Waals surface area contributed by atoms with Crippen LogP contribution in [0.5, 0.6) is 0 Å². The summed E-state index contributed by atoms with van der Waals surface area (Å²) in [7, 11) is 0. The number of carbonyl (C=O) groups is 2. The maximum Gasteiger partial charge on any atom is 0.271 e. The van der Waals surface area contributed by atoms with Crippen molar-refractivity contribution in [3.63, 3.8) is 0 Å². The van der Waals surface area contributed by atoms with Crippen LogP contribution in [0.2, 0.25) is 10.0 Å². The van der Waals surface area contributed by atoms with Crippen molar-refractivity contribution in [2.45, 2.75) is 6.92 Å². The highest BCUT2D eigenvalue weighted by Gasteiger charge is 2.12. The Morgan fingerprint density at radius 3 is 2.31 bits per heavy atom. The Morgan fingerprint density at radius 1 is 0.938 bits per heavy atom. The van der Waals surface area contributed by atoms with E-state index in [9.17, 15) is 19.7 Å². The molecule has 3 aromatic rings. The van der Waals surface area contributed by atoms with Crippen molar-refractivity contribution in [2.75, 3.05) is 5.32 Å². The van der Waals surface area contributed by atoms with Crippen LogP contribution in [-0.2, 0) is 0 Å². The Morgan fingerprint density at radius 2 is 1.66 bits per heavy atom. The third-order valence-electron chi connectivity index (χ3n) is 4.38. The summed E-state index contributed by atoms with van der Waals surface area (Å²) in [6.45, 7) is 1.69. The lowest BCUT2D eigenvalue weighted by Gasteiger charge is -2.09. The number of non-ortho nitro benzene ring substituents is 1. The number of hydrazone groups is 1. The lowest BCUT2D eigenvalue weighted by Crippen LogP contribution is -2.19. The molecule has 162 valence electrons. The molecule has 2 amide bonds. The molecule has 3 rings (SSSR count). The average molecular weight is 471 g/mol. The van der Waals surface area contributed by atoms with Crippen LogP contribution in [0.25, 0.3) is 0 Å². The number of nitrogens with one attached hydrogen (secondary N) is 2. The van der Waals surface area contributed by atoms with Crippen LogP contribution in [0.15, 0.2) is 71.8 Å². The molecule has 0 aliphatic rings. The number of rotatable bonds is 6. The van der Waals surface area contributed by atoms with Gasteiger partial charge in [0.1, 0.15) is 0 Å². The molecule has 2 N–H and O–H groups in total. The largest absolute Gasteiger partial charge is 0.322 e. The van der Waals surface area contributed by atoms with Gasteiger partial charge in [-0.25, -0.2) is 5.43 Å². The Hall–Kier alpha value is -3.75. The van der Waals surface area contributed by atoms with Crippen molar-refractivity contribution < 1.29 is 14.5 Å². The molecule has 0 unspecified atom stereocenters. The topological polar surface area (TPSA) is 114 Å². The van der Waals surface area contributed by atoms with Crippen molar-refractivity contribution in [1.82, 2.24) is 5.43 Å². The molecule has 0 atom stereocenters. The number of amides is 2. The molecule has 0 heterocycles. The first-order chi connectivity index (χ1) is 15.2. The summed E-state index contributed by atoms with van der Waals surface area (Å²) < 4.78 is 0. The van der Waals surface area contributed by atoms with Gasteiger partial charge in [-0.15, -0.1) is 0 Å². The zero-order chi connectivity index (χ0) is 23.3. The third-order valence-corrected chi connectivity index (χ3v) is 4.93. The molecular formula is C22H16Cl2N4O4. The molecule has 3 aromatic carbocycles. The number of nitro benzene ring substituents is 1. The van der Waals surface area contributed by atoms with Crippen LogP contribution in [-0.4, -0.2) is 22.4 Å². The molecule has 0 radical (unpaired) electrons. The van der Waals surface area contributed by atoms with Gasteiger partial charge >= 0.3 is 0 Å². The second-order valence-electron chi connectivity index (χ2n) is 6.60. The molecule has 0 fully saturated rings. The molecule has 0 aliphatic heterocycles. The normalized spacial score (nSPS) is 11.0. The Labute approximate surface area is 193 Å². The van der Waals surface area contributed by atoms with Gasteiger partial charge in [0.2, 0.25) is 0 Å². The minimum atomic E-state index is -0.545. The molecule has 0 spiro atoms. The first-order valence-electron chi connectivity index (χ1n) is 9.20.